The van der Waals surface area contributed by atoms with Gasteiger partial charge in [-0.1, -0.05) is 60.7 Å². The van der Waals surface area contributed by atoms with Gasteiger partial charge < -0.3 is 0 Å². The van der Waals surface area contributed by atoms with E-state index >= 15 is 0 Å². The van der Waals surface area contributed by atoms with Gasteiger partial charge in [-0.15, -0.1) is 0 Å². The topological polar surface area (TPSA) is 37.4 Å². The van der Waals surface area contributed by atoms with E-state index in [1.807, 2.05) is 60.7 Å². The molecule has 2 aromatic rings. The first-order valence-electron chi connectivity index (χ1n) is 7.17. The zero-order valence-corrected chi connectivity index (χ0v) is 12.9. The summed E-state index contributed by atoms with van der Waals surface area (Å²) in [6.45, 7) is 0. The fraction of sp³-hybridized carbons (Fsp3) is 0.111. The van der Waals surface area contributed by atoms with E-state index in [0.29, 0.717) is 17.0 Å². The number of anilines is 1. The van der Waals surface area contributed by atoms with Gasteiger partial charge in [-0.05, 0) is 30.7 Å². The molecule has 0 saturated carbocycles. The smallest absolute Gasteiger partial charge is 0.259 e. The van der Waals surface area contributed by atoms with Crippen molar-refractivity contribution >= 4 is 15.7 Å². The number of allylic oxidation sites excluding steroid dienone is 2. The average Bonchev–Trinajstić information content (AvgIpc) is 2.58. The minimum Gasteiger partial charge on any atom is -0.259 e. The van der Waals surface area contributed by atoms with Crippen molar-refractivity contribution in [3.05, 3.63) is 85.0 Å². The van der Waals surface area contributed by atoms with E-state index in [-0.39, 0.29) is 6.04 Å². The van der Waals surface area contributed by atoms with E-state index in [2.05, 4.69) is 0 Å². The lowest BCUT2D eigenvalue weighted by molar-refractivity contribution is 0.585. The zero-order valence-electron chi connectivity index (χ0n) is 12.0. The Morgan fingerprint density at radius 1 is 0.864 bits per heavy atom. The van der Waals surface area contributed by atoms with E-state index in [0.717, 1.165) is 0 Å². The van der Waals surface area contributed by atoms with E-state index in [4.69, 9.17) is 0 Å². The van der Waals surface area contributed by atoms with Crippen LogP contribution in [0, 0.1) is 0 Å². The Balaban J connectivity index is 2.10. The summed E-state index contributed by atoms with van der Waals surface area (Å²) < 4.78 is 27.7. The molecule has 1 aliphatic carbocycles. The normalized spacial score (nSPS) is 17.4. The first-order chi connectivity index (χ1) is 10.7. The zero-order chi connectivity index (χ0) is 15.4. The molecule has 0 spiro atoms. The third-order valence-electron chi connectivity index (χ3n) is 3.57. The minimum absolute atomic E-state index is 0.211. The lowest BCUT2D eigenvalue weighted by atomic mass is 10.1. The summed E-state index contributed by atoms with van der Waals surface area (Å²) in [5.74, 6) is 0. The maximum atomic E-state index is 13.1. The standard InChI is InChI=1S/C18H17NO2S/c20-22(21,18-14-8-3-9-15-18)19(16-10-4-1-5-11-16)17-12-6-2-7-13-17/h1-12,14-15,17H,13H2. The second-order valence-corrected chi connectivity index (χ2v) is 6.88. The van der Waals surface area contributed by atoms with Crippen LogP contribution in [0.2, 0.25) is 0 Å². The van der Waals surface area contributed by atoms with Crippen molar-refractivity contribution < 1.29 is 8.42 Å². The highest BCUT2D eigenvalue weighted by atomic mass is 32.2. The van der Waals surface area contributed by atoms with Gasteiger partial charge in [0.1, 0.15) is 0 Å². The van der Waals surface area contributed by atoms with Crippen LogP contribution in [0.5, 0.6) is 0 Å². The van der Waals surface area contributed by atoms with Crippen LogP contribution >= 0.6 is 0 Å². The van der Waals surface area contributed by atoms with Crippen LogP contribution in [0.3, 0.4) is 0 Å². The fourth-order valence-electron chi connectivity index (χ4n) is 2.53. The molecule has 22 heavy (non-hydrogen) atoms. The van der Waals surface area contributed by atoms with E-state index in [9.17, 15) is 8.42 Å². The second-order valence-electron chi connectivity index (χ2n) is 5.07. The highest BCUT2D eigenvalue weighted by Gasteiger charge is 2.30. The van der Waals surface area contributed by atoms with Gasteiger partial charge in [-0.3, -0.25) is 4.31 Å². The van der Waals surface area contributed by atoms with Gasteiger partial charge in [0.05, 0.1) is 16.6 Å². The number of rotatable bonds is 4. The second kappa shape index (κ2) is 6.20. The molecule has 112 valence electrons. The van der Waals surface area contributed by atoms with Gasteiger partial charge >= 0.3 is 0 Å². The molecule has 0 saturated heterocycles. The van der Waals surface area contributed by atoms with Crippen LogP contribution in [0.25, 0.3) is 0 Å². The summed E-state index contributed by atoms with van der Waals surface area (Å²) in [5, 5.41) is 0. The SMILES string of the molecule is O=S(=O)(c1ccccc1)N(c1ccccc1)C1C=CC=CC1. The molecular formula is C18H17NO2S. The van der Waals surface area contributed by atoms with Crippen molar-refractivity contribution in [2.24, 2.45) is 0 Å². The molecule has 3 rings (SSSR count). The third-order valence-corrected chi connectivity index (χ3v) is 5.44. The number of sulfonamides is 1. The third kappa shape index (κ3) is 2.83. The maximum absolute atomic E-state index is 13.1. The molecule has 4 heteroatoms. The predicted octanol–water partition coefficient (Wildman–Crippen LogP) is 3.77. The van der Waals surface area contributed by atoms with Crippen molar-refractivity contribution in [3.63, 3.8) is 0 Å². The molecule has 0 fully saturated rings. The molecule has 1 atom stereocenters. The van der Waals surface area contributed by atoms with Crippen molar-refractivity contribution in [3.8, 4) is 0 Å². The van der Waals surface area contributed by atoms with Crippen LogP contribution in [0.4, 0.5) is 5.69 Å². The molecule has 1 aliphatic rings. The average molecular weight is 311 g/mol. The number of benzene rings is 2. The lowest BCUT2D eigenvalue weighted by Gasteiger charge is -2.31. The van der Waals surface area contributed by atoms with Crippen molar-refractivity contribution in [2.75, 3.05) is 4.31 Å². The Morgan fingerprint density at radius 2 is 1.50 bits per heavy atom. The van der Waals surface area contributed by atoms with E-state index < -0.39 is 10.0 Å². The summed E-state index contributed by atoms with van der Waals surface area (Å²) >= 11 is 0. The highest BCUT2D eigenvalue weighted by molar-refractivity contribution is 7.92. The predicted molar refractivity (Wildman–Crippen MR) is 89.2 cm³/mol. The molecule has 1 unspecified atom stereocenters. The Morgan fingerprint density at radius 3 is 2.09 bits per heavy atom. The van der Waals surface area contributed by atoms with Gasteiger partial charge in [0.2, 0.25) is 0 Å². The quantitative estimate of drug-likeness (QED) is 0.862. The van der Waals surface area contributed by atoms with Gasteiger partial charge in [0, 0.05) is 0 Å². The molecule has 2 aromatic carbocycles. The minimum atomic E-state index is -3.61. The van der Waals surface area contributed by atoms with E-state index in [1.54, 1.807) is 24.3 Å². The van der Waals surface area contributed by atoms with Gasteiger partial charge in [0.25, 0.3) is 10.0 Å². The summed E-state index contributed by atoms with van der Waals surface area (Å²) in [6.07, 6.45) is 8.41. The largest absolute Gasteiger partial charge is 0.264 e. The number of para-hydroxylation sites is 1. The van der Waals surface area contributed by atoms with Gasteiger partial charge in [0.15, 0.2) is 0 Å². The highest BCUT2D eigenvalue weighted by Crippen LogP contribution is 2.28. The van der Waals surface area contributed by atoms with Crippen molar-refractivity contribution in [1.29, 1.82) is 0 Å². The molecule has 0 radical (unpaired) electrons. The van der Waals surface area contributed by atoms with Crippen LogP contribution in [0.15, 0.2) is 89.9 Å². The van der Waals surface area contributed by atoms with Gasteiger partial charge in [-0.2, -0.15) is 0 Å². The summed E-state index contributed by atoms with van der Waals surface area (Å²) in [4.78, 5) is 0.307. The molecule has 0 aliphatic heterocycles. The lowest BCUT2D eigenvalue weighted by Crippen LogP contribution is -2.39. The Kier molecular flexibility index (Phi) is 4.11. The Hall–Kier alpha value is -2.33. The molecular weight excluding hydrogens is 294 g/mol. The molecule has 0 N–H and O–H groups in total. The number of nitrogens with zero attached hydrogens (tertiary/aromatic N) is 1. The van der Waals surface area contributed by atoms with Gasteiger partial charge in [-0.25, -0.2) is 8.42 Å². The first-order valence-corrected chi connectivity index (χ1v) is 8.61. The first kappa shape index (κ1) is 14.6. The summed E-state index contributed by atoms with van der Waals surface area (Å²) in [6, 6.07) is 17.6. The van der Waals surface area contributed by atoms with Crippen LogP contribution < -0.4 is 4.31 Å². The summed E-state index contributed by atoms with van der Waals surface area (Å²) in [5.41, 5.74) is 0.677. The van der Waals surface area contributed by atoms with Crippen LogP contribution in [0.1, 0.15) is 6.42 Å². The number of hydrogen-bond acceptors (Lipinski definition) is 2. The van der Waals surface area contributed by atoms with E-state index in [1.165, 1.54) is 4.31 Å². The Labute approximate surface area is 131 Å². The fourth-order valence-corrected chi connectivity index (χ4v) is 4.17. The monoisotopic (exact) mass is 311 g/mol. The van der Waals surface area contributed by atoms with Crippen LogP contribution in [-0.4, -0.2) is 14.5 Å². The molecule has 0 amide bonds. The van der Waals surface area contributed by atoms with Crippen molar-refractivity contribution in [1.82, 2.24) is 0 Å². The molecule has 0 bridgehead atoms. The van der Waals surface area contributed by atoms with Crippen molar-refractivity contribution in [2.45, 2.75) is 17.4 Å². The Bertz CT molecular complexity index is 780. The molecule has 3 nitrogen and oxygen atoms in total. The van der Waals surface area contributed by atoms with Crippen LogP contribution in [-0.2, 0) is 10.0 Å². The summed E-state index contributed by atoms with van der Waals surface area (Å²) in [7, 11) is -3.61. The molecule has 0 aromatic heterocycles. The maximum Gasteiger partial charge on any atom is 0.264 e. The molecule has 0 heterocycles. The number of hydrogen-bond donors (Lipinski definition) is 0.